The van der Waals surface area contributed by atoms with Gasteiger partial charge in [-0.25, -0.2) is 4.98 Å². The molecule has 4 nitrogen and oxygen atoms in total. The van der Waals surface area contributed by atoms with Gasteiger partial charge in [0, 0.05) is 50.0 Å². The molecule has 0 radical (unpaired) electrons. The van der Waals surface area contributed by atoms with Gasteiger partial charge < -0.3 is 9.47 Å². The molecule has 1 aliphatic heterocycles. The van der Waals surface area contributed by atoms with E-state index in [2.05, 4.69) is 28.0 Å². The van der Waals surface area contributed by atoms with Crippen molar-refractivity contribution in [3.8, 4) is 0 Å². The van der Waals surface area contributed by atoms with Crippen LogP contribution in [-0.2, 0) is 25.7 Å². The number of aryl methyl sites for hydroxylation is 1. The van der Waals surface area contributed by atoms with Gasteiger partial charge in [0.25, 0.3) is 0 Å². The van der Waals surface area contributed by atoms with Crippen molar-refractivity contribution in [3.05, 3.63) is 59.9 Å². The number of pyridine rings is 1. The summed E-state index contributed by atoms with van der Waals surface area (Å²) in [6.45, 7) is 2.21. The summed E-state index contributed by atoms with van der Waals surface area (Å²) < 4.78 is 40.3. The van der Waals surface area contributed by atoms with Crippen LogP contribution in [0.3, 0.4) is 0 Å². The maximum absolute atomic E-state index is 12.9. The van der Waals surface area contributed by atoms with Crippen molar-refractivity contribution in [2.45, 2.75) is 32.1 Å². The van der Waals surface area contributed by atoms with Gasteiger partial charge in [-0.3, -0.25) is 4.98 Å². The predicted octanol–water partition coefficient (Wildman–Crippen LogP) is 4.14. The van der Waals surface area contributed by atoms with Crippen LogP contribution in [0.1, 0.15) is 23.5 Å². The first-order valence-corrected chi connectivity index (χ1v) is 9.03. The highest BCUT2D eigenvalue weighted by molar-refractivity contribution is 5.84. The molecule has 3 aromatic rings. The number of aromatic nitrogens is 3. The zero-order valence-electron chi connectivity index (χ0n) is 15.1. The van der Waals surface area contributed by atoms with Gasteiger partial charge in [0.15, 0.2) is 5.69 Å². The molecule has 0 N–H and O–H groups in total. The number of benzene rings is 1. The molecule has 0 bridgehead atoms. The Hall–Kier alpha value is -2.41. The van der Waals surface area contributed by atoms with Crippen molar-refractivity contribution in [2.24, 2.45) is 5.92 Å². The van der Waals surface area contributed by atoms with Crippen molar-refractivity contribution >= 4 is 10.8 Å². The highest BCUT2D eigenvalue weighted by atomic mass is 19.4. The van der Waals surface area contributed by atoms with Crippen molar-refractivity contribution in [1.29, 1.82) is 0 Å². The Bertz CT molecular complexity index is 943. The molecule has 0 aliphatic carbocycles. The number of rotatable bonds is 4. The second-order valence-corrected chi connectivity index (χ2v) is 7.31. The summed E-state index contributed by atoms with van der Waals surface area (Å²) in [4.78, 5) is 10.2. The number of nitrogens with zero attached hydrogens (tertiary/aromatic N) is 4. The van der Waals surface area contributed by atoms with E-state index < -0.39 is 11.9 Å². The molecule has 27 heavy (non-hydrogen) atoms. The van der Waals surface area contributed by atoms with Gasteiger partial charge in [-0.2, -0.15) is 13.2 Å². The van der Waals surface area contributed by atoms with E-state index in [4.69, 9.17) is 0 Å². The lowest BCUT2D eigenvalue weighted by Gasteiger charge is -2.28. The van der Waals surface area contributed by atoms with Crippen molar-refractivity contribution in [2.75, 3.05) is 13.6 Å². The van der Waals surface area contributed by atoms with E-state index in [1.807, 2.05) is 24.4 Å². The fraction of sp³-hybridized carbons (Fsp3) is 0.400. The van der Waals surface area contributed by atoms with Crippen LogP contribution in [0.5, 0.6) is 0 Å². The van der Waals surface area contributed by atoms with Crippen LogP contribution < -0.4 is 0 Å². The highest BCUT2D eigenvalue weighted by Gasteiger charge is 2.35. The van der Waals surface area contributed by atoms with E-state index in [0.717, 1.165) is 31.1 Å². The molecule has 7 heteroatoms. The fourth-order valence-corrected chi connectivity index (χ4v) is 3.92. The molecule has 0 saturated carbocycles. The Morgan fingerprint density at radius 1 is 1.26 bits per heavy atom. The van der Waals surface area contributed by atoms with Crippen LogP contribution in [0.2, 0.25) is 0 Å². The zero-order valence-corrected chi connectivity index (χ0v) is 15.1. The Labute approximate surface area is 155 Å². The molecule has 1 aliphatic rings. The van der Waals surface area contributed by atoms with E-state index in [1.165, 1.54) is 10.9 Å². The summed E-state index contributed by atoms with van der Waals surface area (Å²) in [5, 5.41) is 2.30. The average molecular weight is 374 g/mol. The maximum atomic E-state index is 12.9. The first-order valence-electron chi connectivity index (χ1n) is 9.03. The molecule has 142 valence electrons. The largest absolute Gasteiger partial charge is 0.434 e. The van der Waals surface area contributed by atoms with Gasteiger partial charge >= 0.3 is 6.18 Å². The van der Waals surface area contributed by atoms with Crippen LogP contribution in [0.4, 0.5) is 13.2 Å². The molecule has 0 fully saturated rings. The molecule has 0 amide bonds. The summed E-state index contributed by atoms with van der Waals surface area (Å²) in [5.41, 5.74) is 0.451. The average Bonchev–Trinajstić information content (AvgIpc) is 3.06. The Kier molecular flexibility index (Phi) is 4.63. The van der Waals surface area contributed by atoms with Crippen LogP contribution in [-0.4, -0.2) is 33.0 Å². The van der Waals surface area contributed by atoms with Gasteiger partial charge in [0.05, 0.1) is 0 Å². The number of imidazole rings is 1. The number of hydrogen-bond donors (Lipinski definition) is 0. The van der Waals surface area contributed by atoms with Crippen LogP contribution in [0.25, 0.3) is 10.8 Å². The van der Waals surface area contributed by atoms with E-state index in [1.54, 1.807) is 10.8 Å². The maximum Gasteiger partial charge on any atom is 0.434 e. The minimum atomic E-state index is -4.38. The fourth-order valence-electron chi connectivity index (χ4n) is 3.92. The Balaban J connectivity index is 1.43. The Morgan fingerprint density at radius 2 is 2.11 bits per heavy atom. The molecule has 4 rings (SSSR count). The highest BCUT2D eigenvalue weighted by Crippen LogP contribution is 2.31. The van der Waals surface area contributed by atoms with Crippen LogP contribution >= 0.6 is 0 Å². The molecule has 2 aromatic heterocycles. The predicted molar refractivity (Wildman–Crippen MR) is 97.1 cm³/mol. The number of hydrogen-bond acceptors (Lipinski definition) is 3. The molecule has 1 unspecified atom stereocenters. The first kappa shape index (κ1) is 18.0. The molecule has 1 aromatic carbocycles. The minimum absolute atomic E-state index is 0.314. The van der Waals surface area contributed by atoms with Crippen molar-refractivity contribution in [3.63, 3.8) is 0 Å². The van der Waals surface area contributed by atoms with Crippen molar-refractivity contribution in [1.82, 2.24) is 19.4 Å². The SMILES string of the molecule is CN(Cc1cccc2cnccc12)CC1CCc2nc(C(F)(F)F)cn2C1. The topological polar surface area (TPSA) is 34.0 Å². The lowest BCUT2D eigenvalue weighted by atomic mass is 9.98. The first-order chi connectivity index (χ1) is 12.9. The van der Waals surface area contributed by atoms with Crippen molar-refractivity contribution < 1.29 is 13.2 Å². The van der Waals surface area contributed by atoms with Crippen LogP contribution in [0.15, 0.2) is 42.9 Å². The Morgan fingerprint density at radius 3 is 2.93 bits per heavy atom. The van der Waals surface area contributed by atoms with E-state index in [0.29, 0.717) is 24.7 Å². The molecule has 0 saturated heterocycles. The lowest BCUT2D eigenvalue weighted by molar-refractivity contribution is -0.141. The van der Waals surface area contributed by atoms with Gasteiger partial charge in [0.2, 0.25) is 0 Å². The third kappa shape index (κ3) is 3.83. The zero-order chi connectivity index (χ0) is 19.0. The summed E-state index contributed by atoms with van der Waals surface area (Å²) in [7, 11) is 2.06. The van der Waals surface area contributed by atoms with Gasteiger partial charge in [0.1, 0.15) is 5.82 Å². The third-order valence-electron chi connectivity index (χ3n) is 5.16. The molecule has 3 heterocycles. The number of fused-ring (bicyclic) bond motifs is 2. The molecule has 1 atom stereocenters. The van der Waals surface area contributed by atoms with Crippen LogP contribution in [0, 0.1) is 5.92 Å². The van der Waals surface area contributed by atoms with E-state index in [-0.39, 0.29) is 0 Å². The number of halogens is 3. The number of alkyl halides is 3. The second kappa shape index (κ2) is 6.96. The standard InChI is InChI=1S/C20H21F3N4/c1-26(12-16-4-2-3-15-9-24-8-7-17(15)16)10-14-5-6-19-25-18(20(21,22)23)13-27(19)11-14/h2-4,7-9,13-14H,5-6,10-12H2,1H3. The van der Waals surface area contributed by atoms with E-state index >= 15 is 0 Å². The lowest BCUT2D eigenvalue weighted by Crippen LogP contribution is -2.31. The van der Waals surface area contributed by atoms with E-state index in [9.17, 15) is 13.2 Å². The molecular formula is C20H21F3N4. The molecular weight excluding hydrogens is 353 g/mol. The van der Waals surface area contributed by atoms with Gasteiger partial charge in [-0.05, 0) is 36.4 Å². The minimum Gasteiger partial charge on any atom is -0.334 e. The quantitative estimate of drug-likeness (QED) is 0.688. The normalized spacial score (nSPS) is 17.4. The summed E-state index contributed by atoms with van der Waals surface area (Å²) in [6, 6.07) is 8.22. The third-order valence-corrected chi connectivity index (χ3v) is 5.16. The summed E-state index contributed by atoms with van der Waals surface area (Å²) in [5.74, 6) is 0.859. The summed E-state index contributed by atoms with van der Waals surface area (Å²) >= 11 is 0. The molecule has 0 spiro atoms. The smallest absolute Gasteiger partial charge is 0.334 e. The van der Waals surface area contributed by atoms with Gasteiger partial charge in [-0.1, -0.05) is 18.2 Å². The second-order valence-electron chi connectivity index (χ2n) is 7.31. The van der Waals surface area contributed by atoms with Gasteiger partial charge in [-0.15, -0.1) is 0 Å². The summed E-state index contributed by atoms with van der Waals surface area (Å²) in [6.07, 6.45) is 1.89. The monoisotopic (exact) mass is 374 g/mol.